The van der Waals surface area contributed by atoms with E-state index in [4.69, 9.17) is 16.3 Å². The lowest BCUT2D eigenvalue weighted by Gasteiger charge is -2.13. The van der Waals surface area contributed by atoms with Gasteiger partial charge < -0.3 is 10.1 Å². The van der Waals surface area contributed by atoms with E-state index in [1.807, 2.05) is 18.2 Å². The zero-order valence-electron chi connectivity index (χ0n) is 12.2. The number of rotatable bonds is 4. The highest BCUT2D eigenvalue weighted by Gasteiger charge is 2.17. The normalized spacial score (nSPS) is 11.4. The van der Waals surface area contributed by atoms with Gasteiger partial charge in [-0.3, -0.25) is 0 Å². The maximum absolute atomic E-state index is 6.10. The Labute approximate surface area is 129 Å². The standard InChI is InChI=1S/C15H19ClN2OS/c1-15(2,3)14-18-11(9-20-14)8-17-10-5-6-13(19-4)12(16)7-10/h5-7,9,17H,8H2,1-4H3. The van der Waals surface area contributed by atoms with E-state index in [0.29, 0.717) is 17.3 Å². The Balaban J connectivity index is 2.02. The fourth-order valence-electron chi connectivity index (χ4n) is 1.70. The minimum atomic E-state index is 0.104. The molecule has 0 spiro atoms. The second kappa shape index (κ2) is 6.02. The van der Waals surface area contributed by atoms with Crippen LogP contribution >= 0.6 is 22.9 Å². The third-order valence-corrected chi connectivity index (χ3v) is 4.43. The molecule has 0 aliphatic rings. The molecule has 2 aromatic rings. The summed E-state index contributed by atoms with van der Waals surface area (Å²) in [7, 11) is 1.61. The fraction of sp³-hybridized carbons (Fsp3) is 0.400. The van der Waals surface area contributed by atoms with Gasteiger partial charge in [0, 0.05) is 16.5 Å². The maximum Gasteiger partial charge on any atom is 0.137 e. The minimum Gasteiger partial charge on any atom is -0.495 e. The van der Waals surface area contributed by atoms with Crippen molar-refractivity contribution in [1.82, 2.24) is 4.98 Å². The highest BCUT2D eigenvalue weighted by Crippen LogP contribution is 2.28. The smallest absolute Gasteiger partial charge is 0.137 e. The van der Waals surface area contributed by atoms with E-state index >= 15 is 0 Å². The Morgan fingerprint density at radius 1 is 1.35 bits per heavy atom. The van der Waals surface area contributed by atoms with Gasteiger partial charge in [-0.1, -0.05) is 32.4 Å². The number of hydrogen-bond donors (Lipinski definition) is 1. The molecule has 0 unspecified atom stereocenters. The second-order valence-corrected chi connectivity index (χ2v) is 6.86. The third kappa shape index (κ3) is 3.64. The molecule has 0 bridgehead atoms. The Morgan fingerprint density at radius 3 is 2.65 bits per heavy atom. The van der Waals surface area contributed by atoms with Gasteiger partial charge in [0.25, 0.3) is 0 Å². The molecular weight excluding hydrogens is 292 g/mol. The molecular formula is C15H19ClN2OS. The number of benzene rings is 1. The quantitative estimate of drug-likeness (QED) is 0.887. The predicted molar refractivity (Wildman–Crippen MR) is 86.1 cm³/mol. The van der Waals surface area contributed by atoms with Crippen LogP contribution in [-0.4, -0.2) is 12.1 Å². The van der Waals surface area contributed by atoms with Gasteiger partial charge in [0.05, 0.1) is 29.4 Å². The van der Waals surface area contributed by atoms with E-state index in [1.165, 1.54) is 0 Å². The summed E-state index contributed by atoms with van der Waals surface area (Å²) >= 11 is 7.80. The van der Waals surface area contributed by atoms with Crippen LogP contribution in [0.15, 0.2) is 23.6 Å². The van der Waals surface area contributed by atoms with E-state index in [-0.39, 0.29) is 5.41 Å². The van der Waals surface area contributed by atoms with Gasteiger partial charge in [-0.2, -0.15) is 0 Å². The van der Waals surface area contributed by atoms with Crippen molar-refractivity contribution < 1.29 is 4.74 Å². The summed E-state index contributed by atoms with van der Waals surface area (Å²) in [5.41, 5.74) is 2.11. The number of nitrogens with one attached hydrogen (secondary N) is 1. The number of nitrogens with zero attached hydrogens (tertiary/aromatic N) is 1. The highest BCUT2D eigenvalue weighted by atomic mass is 35.5. The summed E-state index contributed by atoms with van der Waals surface area (Å²) in [4.78, 5) is 4.65. The van der Waals surface area contributed by atoms with E-state index in [2.05, 4.69) is 36.5 Å². The number of ether oxygens (including phenoxy) is 1. The van der Waals surface area contributed by atoms with Crippen molar-refractivity contribution in [3.8, 4) is 5.75 Å². The summed E-state index contributed by atoms with van der Waals surface area (Å²) in [6, 6.07) is 5.66. The lowest BCUT2D eigenvalue weighted by molar-refractivity contribution is 0.415. The van der Waals surface area contributed by atoms with Crippen LogP contribution in [0.1, 0.15) is 31.5 Å². The largest absolute Gasteiger partial charge is 0.495 e. The zero-order valence-corrected chi connectivity index (χ0v) is 13.7. The number of thiazole rings is 1. The van der Waals surface area contributed by atoms with Gasteiger partial charge in [0.1, 0.15) is 5.75 Å². The number of methoxy groups -OCH3 is 1. The van der Waals surface area contributed by atoms with Crippen LogP contribution in [0, 0.1) is 0 Å². The lowest BCUT2D eigenvalue weighted by atomic mass is 9.98. The van der Waals surface area contributed by atoms with Gasteiger partial charge in [0.2, 0.25) is 0 Å². The Bertz CT molecular complexity index is 590. The molecule has 0 aliphatic carbocycles. The predicted octanol–water partition coefficient (Wildman–Crippen LogP) is 4.71. The fourth-order valence-corrected chi connectivity index (χ4v) is 2.87. The summed E-state index contributed by atoms with van der Waals surface area (Å²) in [6.45, 7) is 7.21. The van der Waals surface area contributed by atoms with Crippen LogP contribution in [0.5, 0.6) is 5.75 Å². The number of hydrogen-bond acceptors (Lipinski definition) is 4. The third-order valence-electron chi connectivity index (χ3n) is 2.82. The first-order chi connectivity index (χ1) is 9.40. The van der Waals surface area contributed by atoms with Crippen molar-refractivity contribution in [2.45, 2.75) is 32.7 Å². The first-order valence-electron chi connectivity index (χ1n) is 6.42. The lowest BCUT2D eigenvalue weighted by Crippen LogP contribution is -2.11. The van der Waals surface area contributed by atoms with Gasteiger partial charge in [-0.25, -0.2) is 4.98 Å². The van der Waals surface area contributed by atoms with Crippen molar-refractivity contribution in [2.75, 3.05) is 12.4 Å². The van der Waals surface area contributed by atoms with Gasteiger partial charge in [-0.15, -0.1) is 11.3 Å². The molecule has 1 aromatic carbocycles. The molecule has 5 heteroatoms. The molecule has 0 atom stereocenters. The van der Waals surface area contributed by atoms with Crippen LogP contribution in [0.2, 0.25) is 5.02 Å². The summed E-state index contributed by atoms with van der Waals surface area (Å²) < 4.78 is 5.13. The molecule has 1 heterocycles. The monoisotopic (exact) mass is 310 g/mol. The van der Waals surface area contributed by atoms with Gasteiger partial charge in [0.15, 0.2) is 0 Å². The molecule has 0 radical (unpaired) electrons. The SMILES string of the molecule is COc1ccc(NCc2csc(C(C)(C)C)n2)cc1Cl. The molecule has 0 amide bonds. The van der Waals surface area contributed by atoms with Crippen LogP contribution in [0.25, 0.3) is 0 Å². The molecule has 1 aromatic heterocycles. The zero-order chi connectivity index (χ0) is 14.8. The Hall–Kier alpha value is -1.26. The number of halogens is 1. The van der Waals surface area contributed by atoms with Crippen molar-refractivity contribution in [1.29, 1.82) is 0 Å². The minimum absolute atomic E-state index is 0.104. The molecule has 0 fully saturated rings. The Morgan fingerprint density at radius 2 is 2.10 bits per heavy atom. The van der Waals surface area contributed by atoms with E-state index in [0.717, 1.165) is 16.4 Å². The highest BCUT2D eigenvalue weighted by molar-refractivity contribution is 7.09. The average molecular weight is 311 g/mol. The molecule has 2 rings (SSSR count). The van der Waals surface area contributed by atoms with Crippen molar-refractivity contribution in [3.63, 3.8) is 0 Å². The second-order valence-electron chi connectivity index (χ2n) is 5.60. The van der Waals surface area contributed by atoms with Crippen molar-refractivity contribution in [3.05, 3.63) is 39.3 Å². The molecule has 20 heavy (non-hydrogen) atoms. The molecule has 108 valence electrons. The van der Waals surface area contributed by atoms with Crippen molar-refractivity contribution >= 4 is 28.6 Å². The van der Waals surface area contributed by atoms with E-state index in [9.17, 15) is 0 Å². The van der Waals surface area contributed by atoms with Crippen molar-refractivity contribution in [2.24, 2.45) is 0 Å². The number of anilines is 1. The average Bonchev–Trinajstić information content (AvgIpc) is 2.85. The summed E-state index contributed by atoms with van der Waals surface area (Å²) in [5, 5.41) is 7.18. The van der Waals surface area contributed by atoms with E-state index in [1.54, 1.807) is 18.4 Å². The van der Waals surface area contributed by atoms with Crippen LogP contribution in [0.4, 0.5) is 5.69 Å². The Kier molecular flexibility index (Phi) is 4.55. The van der Waals surface area contributed by atoms with Gasteiger partial charge in [-0.05, 0) is 18.2 Å². The summed E-state index contributed by atoms with van der Waals surface area (Å²) in [5.74, 6) is 0.681. The van der Waals surface area contributed by atoms with Crippen LogP contribution in [0.3, 0.4) is 0 Å². The number of aromatic nitrogens is 1. The first kappa shape index (κ1) is 15.1. The topological polar surface area (TPSA) is 34.1 Å². The van der Waals surface area contributed by atoms with Gasteiger partial charge >= 0.3 is 0 Å². The molecule has 0 saturated heterocycles. The van der Waals surface area contributed by atoms with E-state index < -0.39 is 0 Å². The molecule has 1 N–H and O–H groups in total. The molecule has 3 nitrogen and oxygen atoms in total. The molecule has 0 saturated carbocycles. The maximum atomic E-state index is 6.10. The van der Waals surface area contributed by atoms with Crippen LogP contribution in [-0.2, 0) is 12.0 Å². The first-order valence-corrected chi connectivity index (χ1v) is 7.68. The molecule has 0 aliphatic heterocycles. The van der Waals surface area contributed by atoms with Crippen LogP contribution < -0.4 is 10.1 Å². The summed E-state index contributed by atoms with van der Waals surface area (Å²) in [6.07, 6.45) is 0.